The number of rotatable bonds is 6. The second kappa shape index (κ2) is 8.45. The predicted molar refractivity (Wildman–Crippen MR) is 79.1 cm³/mol. The maximum absolute atomic E-state index is 11.8. The van der Waals surface area contributed by atoms with E-state index >= 15 is 0 Å². The number of unbranched alkanes of at least 4 members (excludes halogenated alkanes) is 1. The van der Waals surface area contributed by atoms with E-state index in [2.05, 4.69) is 19.8 Å². The molecule has 1 fully saturated rings. The quantitative estimate of drug-likeness (QED) is 0.815. The molecule has 2 rings (SSSR count). The first-order chi connectivity index (χ1) is 8.77. The summed E-state index contributed by atoms with van der Waals surface area (Å²) in [5.41, 5.74) is 0.717. The molecule has 108 valence electrons. The molecule has 7 heteroatoms. The van der Waals surface area contributed by atoms with Crippen LogP contribution < -0.4 is 5.32 Å². The van der Waals surface area contributed by atoms with Gasteiger partial charge < -0.3 is 10.2 Å². The molecule has 0 aromatic carbocycles. The van der Waals surface area contributed by atoms with Crippen LogP contribution in [0.4, 0.5) is 0 Å². The number of aromatic nitrogens is 2. The standard InChI is InChI=1S/C12H20N4OS.ClH/c1-10-11(18-15-14-10)12(17)13-6-2-3-7-16-8-4-5-9-16;/h2-9H2,1H3,(H,13,17);1H. The maximum Gasteiger partial charge on any atom is 0.264 e. The Labute approximate surface area is 124 Å². The van der Waals surface area contributed by atoms with Crippen molar-refractivity contribution in [3.63, 3.8) is 0 Å². The lowest BCUT2D eigenvalue weighted by Gasteiger charge is -2.13. The van der Waals surface area contributed by atoms with E-state index in [1.807, 2.05) is 6.92 Å². The third-order valence-corrected chi connectivity index (χ3v) is 4.07. The highest BCUT2D eigenvalue weighted by Crippen LogP contribution is 2.09. The van der Waals surface area contributed by atoms with Crippen LogP contribution in [0.2, 0.25) is 0 Å². The van der Waals surface area contributed by atoms with Crippen LogP contribution in [-0.2, 0) is 0 Å². The summed E-state index contributed by atoms with van der Waals surface area (Å²) in [5.74, 6) is -0.0383. The predicted octanol–water partition coefficient (Wildman–Crippen LogP) is 1.87. The summed E-state index contributed by atoms with van der Waals surface area (Å²) in [7, 11) is 0. The maximum atomic E-state index is 11.8. The second-order valence-electron chi connectivity index (χ2n) is 4.70. The lowest BCUT2D eigenvalue weighted by Crippen LogP contribution is -2.26. The number of carbonyl (C=O) groups is 1. The Morgan fingerprint density at radius 1 is 1.37 bits per heavy atom. The number of nitrogens with zero attached hydrogens (tertiary/aromatic N) is 3. The van der Waals surface area contributed by atoms with Crippen LogP contribution in [0.15, 0.2) is 0 Å². The Morgan fingerprint density at radius 3 is 2.74 bits per heavy atom. The highest BCUT2D eigenvalue weighted by molar-refractivity contribution is 7.07. The summed E-state index contributed by atoms with van der Waals surface area (Å²) in [6.07, 6.45) is 4.87. The summed E-state index contributed by atoms with van der Waals surface area (Å²) in [5, 5.41) is 6.76. The minimum atomic E-state index is -0.0383. The Bertz CT molecular complexity index is 393. The molecule has 0 aliphatic carbocycles. The molecule has 0 atom stereocenters. The average molecular weight is 305 g/mol. The number of amides is 1. The van der Waals surface area contributed by atoms with Crippen LogP contribution in [0.25, 0.3) is 0 Å². The van der Waals surface area contributed by atoms with Crippen molar-refractivity contribution in [3.8, 4) is 0 Å². The summed E-state index contributed by atoms with van der Waals surface area (Å²) in [4.78, 5) is 14.9. The Balaban J connectivity index is 0.00000180. The molecule has 0 spiro atoms. The number of hydrogen-bond acceptors (Lipinski definition) is 5. The zero-order chi connectivity index (χ0) is 12.8. The molecule has 1 aromatic heterocycles. The summed E-state index contributed by atoms with van der Waals surface area (Å²) in [6.45, 7) is 6.21. The zero-order valence-corrected chi connectivity index (χ0v) is 12.9. The first-order valence-electron chi connectivity index (χ1n) is 6.57. The zero-order valence-electron chi connectivity index (χ0n) is 11.2. The van der Waals surface area contributed by atoms with Crippen LogP contribution in [-0.4, -0.2) is 46.6 Å². The fourth-order valence-corrected chi connectivity index (χ4v) is 2.76. The molecule has 1 saturated heterocycles. The number of halogens is 1. The minimum absolute atomic E-state index is 0. The van der Waals surface area contributed by atoms with Gasteiger partial charge in [0.2, 0.25) is 0 Å². The van der Waals surface area contributed by atoms with Crippen LogP contribution in [0, 0.1) is 6.92 Å². The van der Waals surface area contributed by atoms with Gasteiger partial charge in [-0.3, -0.25) is 4.79 Å². The SMILES string of the molecule is Cc1nnsc1C(=O)NCCCCN1CCCC1.Cl. The van der Waals surface area contributed by atoms with Gasteiger partial charge in [-0.05, 0) is 63.8 Å². The van der Waals surface area contributed by atoms with Crippen molar-refractivity contribution in [2.75, 3.05) is 26.2 Å². The molecule has 0 unspecified atom stereocenters. The van der Waals surface area contributed by atoms with Crippen molar-refractivity contribution in [1.82, 2.24) is 19.8 Å². The summed E-state index contributed by atoms with van der Waals surface area (Å²) < 4.78 is 3.76. The van der Waals surface area contributed by atoms with Gasteiger partial charge in [-0.2, -0.15) is 0 Å². The number of carbonyl (C=O) groups excluding carboxylic acids is 1. The average Bonchev–Trinajstić information content (AvgIpc) is 2.99. The summed E-state index contributed by atoms with van der Waals surface area (Å²) in [6, 6.07) is 0. The van der Waals surface area contributed by atoms with Gasteiger partial charge in [-0.15, -0.1) is 17.5 Å². The molecular weight excluding hydrogens is 284 g/mol. The van der Waals surface area contributed by atoms with E-state index in [-0.39, 0.29) is 18.3 Å². The topological polar surface area (TPSA) is 58.1 Å². The fraction of sp³-hybridized carbons (Fsp3) is 0.750. The highest BCUT2D eigenvalue weighted by atomic mass is 35.5. The Kier molecular flexibility index (Phi) is 7.27. The molecule has 19 heavy (non-hydrogen) atoms. The molecule has 0 radical (unpaired) electrons. The minimum Gasteiger partial charge on any atom is -0.351 e. The monoisotopic (exact) mass is 304 g/mol. The molecule has 1 aliphatic heterocycles. The van der Waals surface area contributed by atoms with Gasteiger partial charge in [-0.25, -0.2) is 0 Å². The first kappa shape index (κ1) is 16.3. The van der Waals surface area contributed by atoms with E-state index in [0.717, 1.165) is 43.2 Å². The van der Waals surface area contributed by atoms with Gasteiger partial charge >= 0.3 is 0 Å². The lowest BCUT2D eigenvalue weighted by atomic mass is 10.3. The molecule has 0 saturated carbocycles. The number of aryl methyl sites for hydroxylation is 1. The molecule has 2 heterocycles. The molecule has 1 aliphatic rings. The third kappa shape index (κ3) is 5.04. The van der Waals surface area contributed by atoms with Gasteiger partial charge in [0.15, 0.2) is 0 Å². The number of nitrogens with one attached hydrogen (secondary N) is 1. The normalized spacial score (nSPS) is 15.2. The molecule has 0 bridgehead atoms. The molecule has 1 N–H and O–H groups in total. The van der Waals surface area contributed by atoms with Gasteiger partial charge in [0.25, 0.3) is 5.91 Å². The Hall–Kier alpha value is -0.720. The van der Waals surface area contributed by atoms with E-state index in [4.69, 9.17) is 0 Å². The molecule has 5 nitrogen and oxygen atoms in total. The first-order valence-corrected chi connectivity index (χ1v) is 7.34. The van der Waals surface area contributed by atoms with Crippen LogP contribution in [0.1, 0.15) is 41.0 Å². The van der Waals surface area contributed by atoms with Crippen molar-refractivity contribution < 1.29 is 4.79 Å². The molecule has 1 amide bonds. The number of hydrogen-bond donors (Lipinski definition) is 1. The van der Waals surface area contributed by atoms with E-state index in [9.17, 15) is 4.79 Å². The fourth-order valence-electron chi connectivity index (χ4n) is 2.19. The van der Waals surface area contributed by atoms with Crippen molar-refractivity contribution in [1.29, 1.82) is 0 Å². The van der Waals surface area contributed by atoms with Gasteiger partial charge in [0.05, 0.1) is 5.69 Å². The number of likely N-dealkylation sites (tertiary alicyclic amines) is 1. The second-order valence-corrected chi connectivity index (χ2v) is 5.45. The molecular formula is C12H21ClN4OS. The largest absolute Gasteiger partial charge is 0.351 e. The van der Waals surface area contributed by atoms with Crippen molar-refractivity contribution >= 4 is 29.8 Å². The smallest absolute Gasteiger partial charge is 0.264 e. The van der Waals surface area contributed by atoms with Gasteiger partial charge in [0, 0.05) is 6.54 Å². The highest BCUT2D eigenvalue weighted by Gasteiger charge is 2.13. The van der Waals surface area contributed by atoms with Crippen LogP contribution in [0.3, 0.4) is 0 Å². The van der Waals surface area contributed by atoms with Gasteiger partial charge in [-0.1, -0.05) is 4.49 Å². The van der Waals surface area contributed by atoms with E-state index < -0.39 is 0 Å². The van der Waals surface area contributed by atoms with Crippen molar-refractivity contribution in [2.45, 2.75) is 32.6 Å². The third-order valence-electron chi connectivity index (χ3n) is 3.24. The Morgan fingerprint density at radius 2 is 2.11 bits per heavy atom. The van der Waals surface area contributed by atoms with Crippen LogP contribution in [0.5, 0.6) is 0 Å². The van der Waals surface area contributed by atoms with E-state index in [0.29, 0.717) is 4.88 Å². The van der Waals surface area contributed by atoms with Gasteiger partial charge in [0.1, 0.15) is 4.88 Å². The summed E-state index contributed by atoms with van der Waals surface area (Å²) >= 11 is 1.16. The lowest BCUT2D eigenvalue weighted by molar-refractivity contribution is 0.0956. The molecule has 1 aromatic rings. The van der Waals surface area contributed by atoms with Crippen LogP contribution >= 0.6 is 23.9 Å². The van der Waals surface area contributed by atoms with Crippen molar-refractivity contribution in [3.05, 3.63) is 10.6 Å². The van der Waals surface area contributed by atoms with E-state index in [1.165, 1.54) is 25.9 Å². The van der Waals surface area contributed by atoms with E-state index in [1.54, 1.807) is 0 Å². The van der Waals surface area contributed by atoms with Crippen molar-refractivity contribution in [2.24, 2.45) is 0 Å².